The first kappa shape index (κ1) is 17.8. The van der Waals surface area contributed by atoms with Gasteiger partial charge >= 0.3 is 0 Å². The number of hydrogen-bond donors (Lipinski definition) is 3. The maximum Gasteiger partial charge on any atom is 0.220 e. The van der Waals surface area contributed by atoms with Gasteiger partial charge in [-0.1, -0.05) is 13.3 Å². The van der Waals surface area contributed by atoms with Crippen molar-refractivity contribution in [1.29, 1.82) is 0 Å². The van der Waals surface area contributed by atoms with Gasteiger partial charge in [-0.05, 0) is 33.4 Å². The largest absolute Gasteiger partial charge is 0.357 e. The van der Waals surface area contributed by atoms with Crippen LogP contribution in [0.15, 0.2) is 4.99 Å². The van der Waals surface area contributed by atoms with Crippen LogP contribution in [0.4, 0.5) is 0 Å². The van der Waals surface area contributed by atoms with E-state index < -0.39 is 0 Å². The van der Waals surface area contributed by atoms with Crippen LogP contribution >= 0.6 is 0 Å². The van der Waals surface area contributed by atoms with Crippen molar-refractivity contribution in [1.82, 2.24) is 20.9 Å². The third-order valence-electron chi connectivity index (χ3n) is 3.60. The van der Waals surface area contributed by atoms with Crippen LogP contribution in [-0.4, -0.2) is 62.6 Å². The molecule has 21 heavy (non-hydrogen) atoms. The van der Waals surface area contributed by atoms with Crippen LogP contribution in [-0.2, 0) is 4.79 Å². The number of hydrogen-bond acceptors (Lipinski definition) is 3. The lowest BCUT2D eigenvalue weighted by Crippen LogP contribution is -2.51. The molecule has 1 heterocycles. The number of unbranched alkanes of at least 4 members (excludes halogenated alkanes) is 1. The van der Waals surface area contributed by atoms with Gasteiger partial charge in [0.2, 0.25) is 5.91 Å². The Morgan fingerprint density at radius 1 is 1.43 bits per heavy atom. The van der Waals surface area contributed by atoms with Crippen LogP contribution in [0, 0.1) is 0 Å². The predicted molar refractivity (Wildman–Crippen MR) is 87.6 cm³/mol. The van der Waals surface area contributed by atoms with Crippen molar-refractivity contribution in [2.45, 2.75) is 45.6 Å². The second kappa shape index (κ2) is 10.4. The van der Waals surface area contributed by atoms with Gasteiger partial charge < -0.3 is 20.9 Å². The molecule has 0 spiro atoms. The number of likely N-dealkylation sites (N-methyl/N-ethyl adjacent to an activating group) is 1. The average Bonchev–Trinajstić information content (AvgIpc) is 2.47. The lowest BCUT2D eigenvalue weighted by Gasteiger charge is -2.25. The Morgan fingerprint density at radius 3 is 2.86 bits per heavy atom. The Labute approximate surface area is 128 Å². The quantitative estimate of drug-likeness (QED) is 0.452. The Bertz CT molecular complexity index is 322. The summed E-state index contributed by atoms with van der Waals surface area (Å²) in [6.45, 7) is 8.68. The van der Waals surface area contributed by atoms with E-state index in [1.54, 1.807) is 0 Å². The van der Waals surface area contributed by atoms with Crippen LogP contribution in [0.3, 0.4) is 0 Å². The zero-order chi connectivity index (χ0) is 15.5. The molecule has 6 heteroatoms. The number of rotatable bonds is 8. The van der Waals surface area contributed by atoms with Gasteiger partial charge in [0, 0.05) is 32.1 Å². The summed E-state index contributed by atoms with van der Waals surface area (Å²) in [5.74, 6) is 0.995. The third-order valence-corrected chi connectivity index (χ3v) is 3.60. The van der Waals surface area contributed by atoms with Crippen LogP contribution in [0.25, 0.3) is 0 Å². The minimum atomic E-state index is 0.146. The highest BCUT2D eigenvalue weighted by Crippen LogP contribution is 2.02. The van der Waals surface area contributed by atoms with Gasteiger partial charge in [0.25, 0.3) is 0 Å². The second-order valence-corrected chi connectivity index (χ2v) is 5.60. The molecule has 0 aromatic heterocycles. The highest BCUT2D eigenvalue weighted by atomic mass is 16.1. The normalized spacial score (nSPS) is 19.5. The molecule has 1 fully saturated rings. The number of aliphatic imine (C=N–C) groups is 1. The highest BCUT2D eigenvalue weighted by Gasteiger charge is 2.18. The zero-order valence-corrected chi connectivity index (χ0v) is 13.7. The van der Waals surface area contributed by atoms with Crippen molar-refractivity contribution in [3.05, 3.63) is 0 Å². The second-order valence-electron chi connectivity index (χ2n) is 5.60. The summed E-state index contributed by atoms with van der Waals surface area (Å²) in [6, 6.07) is 0.276. The molecular weight excluding hydrogens is 266 g/mol. The van der Waals surface area contributed by atoms with Crippen LogP contribution in [0.5, 0.6) is 0 Å². The van der Waals surface area contributed by atoms with E-state index in [0.29, 0.717) is 13.0 Å². The predicted octanol–water partition coefficient (Wildman–Crippen LogP) is 0.552. The monoisotopic (exact) mass is 297 g/mol. The van der Waals surface area contributed by atoms with Gasteiger partial charge in [-0.15, -0.1) is 0 Å². The number of carbonyl (C=O) groups is 1. The van der Waals surface area contributed by atoms with E-state index >= 15 is 0 Å². The van der Waals surface area contributed by atoms with Gasteiger partial charge in [0.1, 0.15) is 0 Å². The summed E-state index contributed by atoms with van der Waals surface area (Å²) in [6.07, 6.45) is 3.93. The number of nitrogens with one attached hydrogen (secondary N) is 3. The third kappa shape index (κ3) is 7.90. The standard InChI is InChI=1S/C15H31N5O/c1-4-6-10-20(3)11-9-17-15(16-5-2)19-13-7-8-14(21)18-12-13/h13H,4-12H2,1-3H3,(H,18,21)(H2,16,17,19). The van der Waals surface area contributed by atoms with E-state index in [1.807, 2.05) is 0 Å². The van der Waals surface area contributed by atoms with E-state index in [-0.39, 0.29) is 11.9 Å². The SMILES string of the molecule is CCCCN(C)CCN=C(NCC)NC1CCC(=O)NC1. The minimum Gasteiger partial charge on any atom is -0.357 e. The lowest BCUT2D eigenvalue weighted by molar-refractivity contribution is -0.122. The molecule has 1 atom stereocenters. The van der Waals surface area contributed by atoms with Gasteiger partial charge in [0.15, 0.2) is 5.96 Å². The summed E-state index contributed by atoms with van der Waals surface area (Å²) in [5, 5.41) is 9.55. The molecule has 1 saturated heterocycles. The van der Waals surface area contributed by atoms with Crippen LogP contribution < -0.4 is 16.0 Å². The van der Waals surface area contributed by atoms with E-state index in [0.717, 1.165) is 38.6 Å². The van der Waals surface area contributed by atoms with E-state index in [9.17, 15) is 4.79 Å². The summed E-state index contributed by atoms with van der Waals surface area (Å²) < 4.78 is 0. The van der Waals surface area contributed by atoms with E-state index in [2.05, 4.69) is 46.7 Å². The molecule has 1 rings (SSSR count). The maximum atomic E-state index is 11.2. The molecule has 0 bridgehead atoms. The first-order valence-electron chi connectivity index (χ1n) is 8.15. The Hall–Kier alpha value is -1.30. The molecule has 3 N–H and O–H groups in total. The molecule has 122 valence electrons. The van der Waals surface area contributed by atoms with Crippen molar-refractivity contribution < 1.29 is 4.79 Å². The molecule has 0 saturated carbocycles. The summed E-state index contributed by atoms with van der Waals surface area (Å²) in [4.78, 5) is 18.1. The molecule has 0 aliphatic carbocycles. The lowest BCUT2D eigenvalue weighted by atomic mass is 10.1. The Kier molecular flexibility index (Phi) is 8.82. The topological polar surface area (TPSA) is 68.8 Å². The van der Waals surface area contributed by atoms with E-state index in [1.165, 1.54) is 12.8 Å². The molecule has 0 aromatic rings. The zero-order valence-electron chi connectivity index (χ0n) is 13.7. The van der Waals surface area contributed by atoms with Crippen molar-refractivity contribution in [2.75, 3.05) is 39.8 Å². The van der Waals surface area contributed by atoms with Crippen LogP contribution in [0.1, 0.15) is 39.5 Å². The number of carbonyl (C=O) groups excluding carboxylic acids is 1. The average molecular weight is 297 g/mol. The fraction of sp³-hybridized carbons (Fsp3) is 0.867. The molecule has 1 unspecified atom stereocenters. The maximum absolute atomic E-state index is 11.2. The van der Waals surface area contributed by atoms with E-state index in [4.69, 9.17) is 0 Å². The van der Waals surface area contributed by atoms with Gasteiger partial charge in [0.05, 0.1) is 6.54 Å². The smallest absolute Gasteiger partial charge is 0.220 e. The summed E-state index contributed by atoms with van der Waals surface area (Å²) in [7, 11) is 2.14. The molecule has 1 aliphatic heterocycles. The molecule has 0 radical (unpaired) electrons. The fourth-order valence-electron chi connectivity index (χ4n) is 2.24. The number of nitrogens with zero attached hydrogens (tertiary/aromatic N) is 2. The summed E-state index contributed by atoms with van der Waals surface area (Å²) in [5.41, 5.74) is 0. The molecule has 1 aliphatic rings. The molecular formula is C15H31N5O. The molecule has 6 nitrogen and oxygen atoms in total. The van der Waals surface area contributed by atoms with Gasteiger partial charge in [-0.3, -0.25) is 9.79 Å². The molecule has 0 aromatic carbocycles. The van der Waals surface area contributed by atoms with Crippen molar-refractivity contribution in [3.8, 4) is 0 Å². The first-order valence-corrected chi connectivity index (χ1v) is 8.15. The van der Waals surface area contributed by atoms with Crippen molar-refractivity contribution in [3.63, 3.8) is 0 Å². The molecule has 1 amide bonds. The number of amides is 1. The fourth-order valence-corrected chi connectivity index (χ4v) is 2.24. The first-order chi connectivity index (χ1) is 10.2. The summed E-state index contributed by atoms with van der Waals surface area (Å²) >= 11 is 0. The number of guanidine groups is 1. The minimum absolute atomic E-state index is 0.146. The van der Waals surface area contributed by atoms with Crippen molar-refractivity contribution >= 4 is 11.9 Å². The number of piperidine rings is 1. The Morgan fingerprint density at radius 2 is 2.24 bits per heavy atom. The Balaban J connectivity index is 2.33. The van der Waals surface area contributed by atoms with Gasteiger partial charge in [-0.25, -0.2) is 0 Å². The highest BCUT2D eigenvalue weighted by molar-refractivity contribution is 5.81. The van der Waals surface area contributed by atoms with Crippen molar-refractivity contribution in [2.24, 2.45) is 4.99 Å². The van der Waals surface area contributed by atoms with Crippen LogP contribution in [0.2, 0.25) is 0 Å². The van der Waals surface area contributed by atoms with Gasteiger partial charge in [-0.2, -0.15) is 0 Å².